The second-order valence-corrected chi connectivity index (χ2v) is 7.55. The van der Waals surface area contributed by atoms with Crippen LogP contribution in [0.5, 0.6) is 5.75 Å². The molecule has 1 aliphatic rings. The lowest BCUT2D eigenvalue weighted by molar-refractivity contribution is 0.0697. The van der Waals surface area contributed by atoms with Crippen LogP contribution in [0.3, 0.4) is 0 Å². The summed E-state index contributed by atoms with van der Waals surface area (Å²) in [6.07, 6.45) is 18.2. The van der Waals surface area contributed by atoms with E-state index >= 15 is 0 Å². The number of hydrogen-bond acceptors (Lipinski definition) is 2. The highest BCUT2D eigenvalue weighted by Crippen LogP contribution is 2.32. The fourth-order valence-electron chi connectivity index (χ4n) is 3.79. The first-order valence-corrected chi connectivity index (χ1v) is 10.3. The standard InChI is InChI=1S/C23H34O3/c1-2-3-4-5-6-8-19-10-12-20(13-11-19)9-7-18-26-22-16-14-21(15-17-22)23(24)25/h7,9,14-17,19-20H,2-6,8,10-13,18H2,1H3,(H,24,25). The molecule has 1 aromatic carbocycles. The van der Waals surface area contributed by atoms with Crippen molar-refractivity contribution in [3.63, 3.8) is 0 Å². The van der Waals surface area contributed by atoms with E-state index in [1.807, 2.05) is 0 Å². The molecule has 0 aliphatic heterocycles. The number of unbranched alkanes of at least 4 members (excludes halogenated alkanes) is 4. The van der Waals surface area contributed by atoms with Gasteiger partial charge in [-0.05, 0) is 61.8 Å². The number of carboxylic acid groups (broad SMARTS) is 1. The average molecular weight is 359 g/mol. The molecule has 0 aromatic heterocycles. The number of carbonyl (C=O) groups is 1. The molecule has 0 bridgehead atoms. The van der Waals surface area contributed by atoms with Crippen LogP contribution in [0.4, 0.5) is 0 Å². The van der Waals surface area contributed by atoms with E-state index in [2.05, 4.69) is 19.1 Å². The number of rotatable bonds is 11. The van der Waals surface area contributed by atoms with Crippen molar-refractivity contribution >= 4 is 5.97 Å². The van der Waals surface area contributed by atoms with Crippen LogP contribution in [-0.4, -0.2) is 17.7 Å². The highest BCUT2D eigenvalue weighted by atomic mass is 16.5. The highest BCUT2D eigenvalue weighted by molar-refractivity contribution is 5.87. The molecule has 144 valence electrons. The van der Waals surface area contributed by atoms with Crippen LogP contribution in [0.1, 0.15) is 81.5 Å². The maximum absolute atomic E-state index is 10.8. The molecule has 0 unspecified atom stereocenters. The summed E-state index contributed by atoms with van der Waals surface area (Å²) in [7, 11) is 0. The topological polar surface area (TPSA) is 46.5 Å². The number of ether oxygens (including phenoxy) is 1. The van der Waals surface area contributed by atoms with Gasteiger partial charge in [0, 0.05) is 0 Å². The molecule has 0 amide bonds. The highest BCUT2D eigenvalue weighted by Gasteiger charge is 2.18. The average Bonchev–Trinajstić information content (AvgIpc) is 2.66. The van der Waals surface area contributed by atoms with Gasteiger partial charge in [-0.15, -0.1) is 0 Å². The molecule has 1 aromatic rings. The first-order valence-electron chi connectivity index (χ1n) is 10.3. The van der Waals surface area contributed by atoms with Gasteiger partial charge < -0.3 is 9.84 Å². The van der Waals surface area contributed by atoms with Gasteiger partial charge in [0.25, 0.3) is 0 Å². The first-order chi connectivity index (χ1) is 12.7. The zero-order valence-corrected chi connectivity index (χ0v) is 16.2. The van der Waals surface area contributed by atoms with Crippen molar-refractivity contribution in [2.24, 2.45) is 11.8 Å². The quantitative estimate of drug-likeness (QED) is 0.363. The summed E-state index contributed by atoms with van der Waals surface area (Å²) in [5.41, 5.74) is 0.287. The lowest BCUT2D eigenvalue weighted by Crippen LogP contribution is -2.13. The number of benzene rings is 1. The Bertz CT molecular complexity index is 539. The van der Waals surface area contributed by atoms with Crippen LogP contribution in [0.2, 0.25) is 0 Å². The SMILES string of the molecule is CCCCCCCC1CCC(C=CCOc2ccc(C(=O)O)cc2)CC1. The Kier molecular flexibility index (Phi) is 9.30. The Labute approximate surface area is 158 Å². The van der Waals surface area contributed by atoms with E-state index in [0.717, 1.165) is 5.92 Å². The van der Waals surface area contributed by atoms with Crippen molar-refractivity contribution in [3.8, 4) is 5.75 Å². The largest absolute Gasteiger partial charge is 0.490 e. The molecule has 2 rings (SSSR count). The van der Waals surface area contributed by atoms with Crippen molar-refractivity contribution < 1.29 is 14.6 Å². The first kappa shape index (κ1) is 20.5. The van der Waals surface area contributed by atoms with Gasteiger partial charge in [0.15, 0.2) is 0 Å². The van der Waals surface area contributed by atoms with Gasteiger partial charge in [0.05, 0.1) is 5.56 Å². The van der Waals surface area contributed by atoms with Gasteiger partial charge in [0.2, 0.25) is 0 Å². The van der Waals surface area contributed by atoms with Gasteiger partial charge in [-0.2, -0.15) is 0 Å². The van der Waals surface area contributed by atoms with E-state index < -0.39 is 5.97 Å². The predicted octanol–water partition coefficient (Wildman–Crippen LogP) is 6.49. The lowest BCUT2D eigenvalue weighted by Gasteiger charge is -2.26. The zero-order chi connectivity index (χ0) is 18.6. The summed E-state index contributed by atoms with van der Waals surface area (Å²) < 4.78 is 5.66. The van der Waals surface area contributed by atoms with Crippen LogP contribution in [0.25, 0.3) is 0 Å². The van der Waals surface area contributed by atoms with Crippen molar-refractivity contribution in [1.82, 2.24) is 0 Å². The lowest BCUT2D eigenvalue weighted by atomic mass is 9.79. The minimum atomic E-state index is -0.909. The molecule has 1 aliphatic carbocycles. The molecule has 1 fully saturated rings. The molecule has 3 heteroatoms. The maximum Gasteiger partial charge on any atom is 0.335 e. The molecule has 1 N–H and O–H groups in total. The summed E-state index contributed by atoms with van der Waals surface area (Å²) >= 11 is 0. The molecule has 3 nitrogen and oxygen atoms in total. The monoisotopic (exact) mass is 358 g/mol. The third-order valence-corrected chi connectivity index (χ3v) is 5.46. The summed E-state index contributed by atoms with van der Waals surface area (Å²) in [6.45, 7) is 2.82. The smallest absolute Gasteiger partial charge is 0.335 e. The minimum Gasteiger partial charge on any atom is -0.490 e. The van der Waals surface area contributed by atoms with Crippen molar-refractivity contribution in [3.05, 3.63) is 42.0 Å². The van der Waals surface area contributed by atoms with Crippen LogP contribution < -0.4 is 4.74 Å². The molecule has 1 saturated carbocycles. The van der Waals surface area contributed by atoms with Gasteiger partial charge in [-0.3, -0.25) is 0 Å². The number of aromatic carboxylic acids is 1. The van der Waals surface area contributed by atoms with Crippen LogP contribution in [-0.2, 0) is 0 Å². The third kappa shape index (κ3) is 7.63. The summed E-state index contributed by atoms with van der Waals surface area (Å²) in [4.78, 5) is 10.8. The van der Waals surface area contributed by atoms with Crippen molar-refractivity contribution in [2.75, 3.05) is 6.61 Å². The molecule has 0 heterocycles. The van der Waals surface area contributed by atoms with Gasteiger partial charge in [-0.25, -0.2) is 4.79 Å². The van der Waals surface area contributed by atoms with E-state index in [1.165, 1.54) is 64.2 Å². The summed E-state index contributed by atoms with van der Waals surface area (Å²) in [6, 6.07) is 6.57. The van der Waals surface area contributed by atoms with Crippen LogP contribution in [0, 0.1) is 11.8 Å². The van der Waals surface area contributed by atoms with Crippen LogP contribution >= 0.6 is 0 Å². The number of allylic oxidation sites excluding steroid dienone is 1. The predicted molar refractivity (Wildman–Crippen MR) is 107 cm³/mol. The van der Waals surface area contributed by atoms with Crippen molar-refractivity contribution in [2.45, 2.75) is 71.1 Å². The fraction of sp³-hybridized carbons (Fsp3) is 0.609. The third-order valence-electron chi connectivity index (χ3n) is 5.46. The maximum atomic E-state index is 10.8. The molecule has 0 radical (unpaired) electrons. The number of hydrogen-bond donors (Lipinski definition) is 1. The second kappa shape index (κ2) is 11.8. The minimum absolute atomic E-state index is 0.287. The summed E-state index contributed by atoms with van der Waals surface area (Å²) in [5, 5.41) is 8.88. The summed E-state index contributed by atoms with van der Waals surface area (Å²) in [5.74, 6) is 1.45. The zero-order valence-electron chi connectivity index (χ0n) is 16.2. The molecular formula is C23H34O3. The van der Waals surface area contributed by atoms with Crippen molar-refractivity contribution in [1.29, 1.82) is 0 Å². The Morgan fingerprint density at radius 1 is 1.08 bits per heavy atom. The van der Waals surface area contributed by atoms with E-state index in [9.17, 15) is 4.79 Å². The van der Waals surface area contributed by atoms with E-state index in [4.69, 9.17) is 9.84 Å². The Hall–Kier alpha value is -1.77. The van der Waals surface area contributed by atoms with Gasteiger partial charge in [0.1, 0.15) is 12.4 Å². The molecule has 0 spiro atoms. The molecular weight excluding hydrogens is 324 g/mol. The Balaban J connectivity index is 1.58. The normalized spacial score (nSPS) is 20.3. The van der Waals surface area contributed by atoms with Crippen LogP contribution in [0.15, 0.2) is 36.4 Å². The van der Waals surface area contributed by atoms with E-state index in [0.29, 0.717) is 18.3 Å². The number of carboxylic acids is 1. The molecule has 26 heavy (non-hydrogen) atoms. The second-order valence-electron chi connectivity index (χ2n) is 7.55. The van der Waals surface area contributed by atoms with E-state index in [1.54, 1.807) is 24.3 Å². The molecule has 0 saturated heterocycles. The van der Waals surface area contributed by atoms with Gasteiger partial charge >= 0.3 is 5.97 Å². The Morgan fingerprint density at radius 3 is 2.42 bits per heavy atom. The fourth-order valence-corrected chi connectivity index (χ4v) is 3.79. The molecule has 0 atom stereocenters. The van der Waals surface area contributed by atoms with Gasteiger partial charge in [-0.1, -0.05) is 57.6 Å². The Morgan fingerprint density at radius 2 is 1.77 bits per heavy atom. The van der Waals surface area contributed by atoms with E-state index in [-0.39, 0.29) is 5.56 Å².